The Balaban J connectivity index is 2.18. The second-order valence-electron chi connectivity index (χ2n) is 5.00. The van der Waals surface area contributed by atoms with Crippen molar-refractivity contribution in [2.75, 3.05) is 12.9 Å². The third kappa shape index (κ3) is 5.30. The van der Waals surface area contributed by atoms with E-state index in [1.165, 1.54) is 25.7 Å². The molecule has 4 heteroatoms. The molecule has 2 atom stereocenters. The molecular weight excluding hydrogens is 234 g/mol. The summed E-state index contributed by atoms with van der Waals surface area (Å²) in [5.74, 6) is 0.905. The lowest BCUT2D eigenvalue weighted by Crippen LogP contribution is -2.41. The summed E-state index contributed by atoms with van der Waals surface area (Å²) >= 11 is 1.60. The van der Waals surface area contributed by atoms with Crippen molar-refractivity contribution >= 4 is 17.7 Å². The molecule has 1 aliphatic rings. The van der Waals surface area contributed by atoms with E-state index in [1.54, 1.807) is 11.8 Å². The minimum Gasteiger partial charge on any atom is -0.395 e. The van der Waals surface area contributed by atoms with Gasteiger partial charge in [-0.05, 0) is 25.5 Å². The van der Waals surface area contributed by atoms with Gasteiger partial charge < -0.3 is 10.4 Å². The van der Waals surface area contributed by atoms with E-state index in [4.69, 9.17) is 5.11 Å². The Morgan fingerprint density at radius 2 is 2.12 bits per heavy atom. The van der Waals surface area contributed by atoms with E-state index in [2.05, 4.69) is 5.32 Å². The van der Waals surface area contributed by atoms with Crippen LogP contribution < -0.4 is 5.32 Å². The first-order valence-electron chi connectivity index (χ1n) is 6.60. The Kier molecular flexibility index (Phi) is 6.97. The van der Waals surface area contributed by atoms with Gasteiger partial charge in [-0.1, -0.05) is 25.7 Å². The topological polar surface area (TPSA) is 49.3 Å². The maximum Gasteiger partial charge on any atom is 0.220 e. The SMILES string of the molecule is CSC(CO)C(C)NC(=O)CCC1CCCC1. The summed E-state index contributed by atoms with van der Waals surface area (Å²) in [6, 6.07) is 0.0473. The predicted octanol–water partition coefficient (Wildman–Crippen LogP) is 2.19. The van der Waals surface area contributed by atoms with Gasteiger partial charge in [0.25, 0.3) is 0 Å². The molecule has 1 aliphatic carbocycles. The molecule has 1 rings (SSSR count). The first-order valence-corrected chi connectivity index (χ1v) is 7.89. The number of carbonyl (C=O) groups is 1. The first-order chi connectivity index (χ1) is 8.17. The van der Waals surface area contributed by atoms with Crippen LogP contribution in [-0.4, -0.2) is 35.2 Å². The lowest BCUT2D eigenvalue weighted by atomic mass is 10.0. The second kappa shape index (κ2) is 7.98. The summed E-state index contributed by atoms with van der Waals surface area (Å²) < 4.78 is 0. The van der Waals surface area contributed by atoms with Crippen molar-refractivity contribution in [2.24, 2.45) is 5.92 Å². The van der Waals surface area contributed by atoms with Gasteiger partial charge in [0.15, 0.2) is 0 Å². The third-order valence-corrected chi connectivity index (χ3v) is 4.85. The molecule has 17 heavy (non-hydrogen) atoms. The van der Waals surface area contributed by atoms with Crippen molar-refractivity contribution in [3.05, 3.63) is 0 Å². The van der Waals surface area contributed by atoms with E-state index in [0.29, 0.717) is 6.42 Å². The van der Waals surface area contributed by atoms with Crippen LogP contribution in [0.2, 0.25) is 0 Å². The second-order valence-corrected chi connectivity index (χ2v) is 6.08. The molecule has 100 valence electrons. The molecule has 1 saturated carbocycles. The van der Waals surface area contributed by atoms with Gasteiger partial charge in [-0.2, -0.15) is 11.8 Å². The Morgan fingerprint density at radius 3 is 2.65 bits per heavy atom. The molecular formula is C13H25NO2S. The van der Waals surface area contributed by atoms with Crippen LogP contribution in [0.3, 0.4) is 0 Å². The number of hydrogen-bond donors (Lipinski definition) is 2. The molecule has 0 aromatic carbocycles. The third-order valence-electron chi connectivity index (χ3n) is 3.68. The van der Waals surface area contributed by atoms with Crippen LogP contribution in [0.1, 0.15) is 45.4 Å². The lowest BCUT2D eigenvalue weighted by molar-refractivity contribution is -0.122. The van der Waals surface area contributed by atoms with Gasteiger partial charge in [0.1, 0.15) is 0 Å². The Hall–Kier alpha value is -0.220. The van der Waals surface area contributed by atoms with Gasteiger partial charge in [0.05, 0.1) is 6.61 Å². The highest BCUT2D eigenvalue weighted by Gasteiger charge is 2.19. The highest BCUT2D eigenvalue weighted by atomic mass is 32.2. The van der Waals surface area contributed by atoms with E-state index in [0.717, 1.165) is 12.3 Å². The number of rotatable bonds is 7. The smallest absolute Gasteiger partial charge is 0.220 e. The molecule has 1 amide bonds. The van der Waals surface area contributed by atoms with Crippen LogP contribution >= 0.6 is 11.8 Å². The van der Waals surface area contributed by atoms with E-state index >= 15 is 0 Å². The fourth-order valence-electron chi connectivity index (χ4n) is 2.49. The maximum absolute atomic E-state index is 11.7. The van der Waals surface area contributed by atoms with Crippen LogP contribution in [-0.2, 0) is 4.79 Å². The van der Waals surface area contributed by atoms with Gasteiger partial charge >= 0.3 is 0 Å². The number of amides is 1. The Morgan fingerprint density at radius 1 is 1.47 bits per heavy atom. The molecule has 0 aliphatic heterocycles. The highest BCUT2D eigenvalue weighted by Crippen LogP contribution is 2.28. The van der Waals surface area contributed by atoms with E-state index in [9.17, 15) is 4.79 Å². The number of nitrogens with one attached hydrogen (secondary N) is 1. The Labute approximate surface area is 109 Å². The van der Waals surface area contributed by atoms with Crippen molar-refractivity contribution in [1.29, 1.82) is 0 Å². The van der Waals surface area contributed by atoms with Gasteiger partial charge in [0, 0.05) is 17.7 Å². The van der Waals surface area contributed by atoms with Gasteiger partial charge in [-0.3, -0.25) is 4.79 Å². The van der Waals surface area contributed by atoms with Crippen molar-refractivity contribution < 1.29 is 9.90 Å². The summed E-state index contributed by atoms with van der Waals surface area (Å²) in [6.45, 7) is 2.08. The summed E-state index contributed by atoms with van der Waals surface area (Å²) in [5, 5.41) is 12.2. The summed E-state index contributed by atoms with van der Waals surface area (Å²) in [4.78, 5) is 11.7. The number of carbonyl (C=O) groups excluding carboxylic acids is 1. The standard InChI is InChI=1S/C13H25NO2S/c1-10(12(9-15)17-2)14-13(16)8-7-11-5-3-4-6-11/h10-12,15H,3-9H2,1-2H3,(H,14,16). The van der Waals surface area contributed by atoms with Crippen molar-refractivity contribution in [2.45, 2.75) is 56.7 Å². The van der Waals surface area contributed by atoms with Crippen LogP contribution in [0, 0.1) is 5.92 Å². The van der Waals surface area contributed by atoms with E-state index < -0.39 is 0 Å². The van der Waals surface area contributed by atoms with Crippen LogP contribution in [0.4, 0.5) is 0 Å². The zero-order valence-electron chi connectivity index (χ0n) is 10.9. The number of thioether (sulfide) groups is 1. The van der Waals surface area contributed by atoms with Crippen molar-refractivity contribution in [3.8, 4) is 0 Å². The summed E-state index contributed by atoms with van der Waals surface area (Å²) in [5.41, 5.74) is 0. The number of hydrogen-bond acceptors (Lipinski definition) is 3. The minimum atomic E-state index is 0.0473. The molecule has 0 radical (unpaired) electrons. The van der Waals surface area contributed by atoms with Crippen LogP contribution in [0.5, 0.6) is 0 Å². The largest absolute Gasteiger partial charge is 0.395 e. The number of aliphatic hydroxyl groups excluding tert-OH is 1. The van der Waals surface area contributed by atoms with Crippen LogP contribution in [0.15, 0.2) is 0 Å². The van der Waals surface area contributed by atoms with Gasteiger partial charge in [-0.15, -0.1) is 0 Å². The molecule has 1 fully saturated rings. The Bertz CT molecular complexity index is 225. The fourth-order valence-corrected chi connectivity index (χ4v) is 3.12. The first kappa shape index (κ1) is 14.8. The zero-order chi connectivity index (χ0) is 12.7. The summed E-state index contributed by atoms with van der Waals surface area (Å²) in [7, 11) is 0. The van der Waals surface area contributed by atoms with Gasteiger partial charge in [0.2, 0.25) is 5.91 Å². The summed E-state index contributed by atoms with van der Waals surface area (Å²) in [6.07, 6.45) is 8.90. The molecule has 2 N–H and O–H groups in total. The quantitative estimate of drug-likeness (QED) is 0.737. The monoisotopic (exact) mass is 259 g/mol. The molecule has 0 saturated heterocycles. The predicted molar refractivity (Wildman–Crippen MR) is 73.2 cm³/mol. The molecule has 0 bridgehead atoms. The normalized spacial score (nSPS) is 20.2. The minimum absolute atomic E-state index is 0.0473. The molecule has 0 spiro atoms. The van der Waals surface area contributed by atoms with Crippen molar-refractivity contribution in [1.82, 2.24) is 5.32 Å². The zero-order valence-corrected chi connectivity index (χ0v) is 11.8. The number of aliphatic hydroxyl groups is 1. The molecule has 0 aromatic rings. The highest BCUT2D eigenvalue weighted by molar-refractivity contribution is 7.99. The van der Waals surface area contributed by atoms with Crippen LogP contribution in [0.25, 0.3) is 0 Å². The van der Waals surface area contributed by atoms with Crippen molar-refractivity contribution in [3.63, 3.8) is 0 Å². The van der Waals surface area contributed by atoms with E-state index in [1.807, 2.05) is 13.2 Å². The molecule has 0 aromatic heterocycles. The lowest BCUT2D eigenvalue weighted by Gasteiger charge is -2.21. The molecule has 2 unspecified atom stereocenters. The maximum atomic E-state index is 11.7. The average Bonchev–Trinajstić information content (AvgIpc) is 2.81. The fraction of sp³-hybridized carbons (Fsp3) is 0.923. The van der Waals surface area contributed by atoms with E-state index in [-0.39, 0.29) is 23.8 Å². The average molecular weight is 259 g/mol. The van der Waals surface area contributed by atoms with Gasteiger partial charge in [-0.25, -0.2) is 0 Å². The molecule has 0 heterocycles. The molecule has 3 nitrogen and oxygen atoms in total.